The van der Waals surface area contributed by atoms with Crippen molar-refractivity contribution in [1.29, 1.82) is 0 Å². The molecule has 0 N–H and O–H groups in total. The summed E-state index contributed by atoms with van der Waals surface area (Å²) in [6.45, 7) is 6.91. The molecule has 1 rings (SSSR count). The van der Waals surface area contributed by atoms with Crippen LogP contribution < -0.4 is 5.19 Å². The Balaban J connectivity index is 2.90. The fourth-order valence-electron chi connectivity index (χ4n) is 4.75. The molecule has 0 unspecified atom stereocenters. The van der Waals surface area contributed by atoms with Gasteiger partial charge in [0.25, 0.3) is 0 Å². The minimum absolute atomic E-state index is 0.581. The first-order valence-electron chi connectivity index (χ1n) is 14.6. The van der Waals surface area contributed by atoms with Gasteiger partial charge >= 0.3 is 8.56 Å². The van der Waals surface area contributed by atoms with Crippen LogP contribution in [0.5, 0.6) is 0 Å². The first-order chi connectivity index (χ1) is 17.2. The molecule has 0 spiro atoms. The molecule has 0 radical (unpaired) electrons. The van der Waals surface area contributed by atoms with Gasteiger partial charge in [-0.25, -0.2) is 0 Å². The topological polar surface area (TPSA) is 36.9 Å². The molecule has 5 heteroatoms. The fourth-order valence-corrected chi connectivity index (χ4v) is 8.29. The number of ether oxygens (including phenoxy) is 2. The minimum atomic E-state index is -2.61. The third kappa shape index (κ3) is 14.6. The predicted octanol–water partition coefficient (Wildman–Crippen LogP) is 7.71. The Morgan fingerprint density at radius 1 is 0.571 bits per heavy atom. The Hall–Kier alpha value is -0.723. The van der Waals surface area contributed by atoms with Crippen molar-refractivity contribution in [3.63, 3.8) is 0 Å². The van der Waals surface area contributed by atoms with Crippen LogP contribution in [-0.4, -0.2) is 49.2 Å². The minimum Gasteiger partial charge on any atom is -0.389 e. The molecule has 0 aromatic heterocycles. The van der Waals surface area contributed by atoms with Gasteiger partial charge in [-0.3, -0.25) is 0 Å². The maximum absolute atomic E-state index is 6.70. The number of aryl methyl sites for hydroxylation is 1. The molecule has 0 heterocycles. The molecule has 0 amide bonds. The van der Waals surface area contributed by atoms with Gasteiger partial charge in [-0.1, -0.05) is 122 Å². The van der Waals surface area contributed by atoms with Gasteiger partial charge in [0.15, 0.2) is 0 Å². The van der Waals surface area contributed by atoms with Crippen molar-refractivity contribution in [3.8, 4) is 0 Å². The predicted molar refractivity (Wildman–Crippen MR) is 152 cm³/mol. The van der Waals surface area contributed by atoms with E-state index >= 15 is 0 Å². The Bertz CT molecular complexity index is 585. The lowest BCUT2D eigenvalue weighted by Crippen LogP contribution is -2.56. The molecule has 0 saturated carbocycles. The summed E-state index contributed by atoms with van der Waals surface area (Å²) in [5, 5.41) is 1.34. The van der Waals surface area contributed by atoms with Crippen LogP contribution in [0.15, 0.2) is 24.3 Å². The second kappa shape index (κ2) is 22.5. The standard InChI is InChI=1S/C30H56O4Si/c1-5-7-9-11-13-15-17-21-29-22-18-19-23-30(29)35(33-26-24-31-3,34-27-25-32-4)28-20-16-14-12-10-8-6-2/h18-19,22-23H,5-17,20-21,24-28H2,1-4H3. The molecular formula is C30H56O4Si. The lowest BCUT2D eigenvalue weighted by molar-refractivity contribution is 0.0912. The number of methoxy groups -OCH3 is 2. The van der Waals surface area contributed by atoms with Crippen LogP contribution in [0.3, 0.4) is 0 Å². The van der Waals surface area contributed by atoms with Gasteiger partial charge in [0.1, 0.15) is 0 Å². The summed E-state index contributed by atoms with van der Waals surface area (Å²) in [5.74, 6) is 0. The van der Waals surface area contributed by atoms with Crippen molar-refractivity contribution >= 4 is 13.7 Å². The highest BCUT2D eigenvalue weighted by Gasteiger charge is 2.41. The lowest BCUT2D eigenvalue weighted by Gasteiger charge is -2.33. The average molecular weight is 509 g/mol. The Morgan fingerprint density at radius 3 is 1.60 bits per heavy atom. The number of benzene rings is 1. The molecule has 0 aliphatic carbocycles. The molecule has 0 bridgehead atoms. The first kappa shape index (κ1) is 32.3. The van der Waals surface area contributed by atoms with Crippen molar-refractivity contribution in [2.24, 2.45) is 0 Å². The second-order valence-corrected chi connectivity index (χ2v) is 13.0. The van der Waals surface area contributed by atoms with E-state index in [0.29, 0.717) is 26.4 Å². The molecule has 0 atom stereocenters. The highest BCUT2D eigenvalue weighted by Crippen LogP contribution is 2.23. The second-order valence-electron chi connectivity index (χ2n) is 9.84. The van der Waals surface area contributed by atoms with Gasteiger partial charge in [0.2, 0.25) is 0 Å². The van der Waals surface area contributed by atoms with Crippen LogP contribution in [0.4, 0.5) is 0 Å². The van der Waals surface area contributed by atoms with Crippen molar-refractivity contribution in [3.05, 3.63) is 29.8 Å². The van der Waals surface area contributed by atoms with Crippen molar-refractivity contribution < 1.29 is 18.3 Å². The average Bonchev–Trinajstić information content (AvgIpc) is 2.88. The third-order valence-electron chi connectivity index (χ3n) is 6.83. The SMILES string of the molecule is CCCCCCCCCc1ccccc1[Si](CCCCCCCCC)(OCCOC)OCCOC. The summed E-state index contributed by atoms with van der Waals surface area (Å²) >= 11 is 0. The summed E-state index contributed by atoms with van der Waals surface area (Å²) in [6.07, 6.45) is 19.5. The van der Waals surface area contributed by atoms with Gasteiger partial charge < -0.3 is 18.3 Å². The number of rotatable bonds is 25. The van der Waals surface area contributed by atoms with E-state index < -0.39 is 8.56 Å². The summed E-state index contributed by atoms with van der Waals surface area (Å²) in [7, 11) is 0.866. The molecule has 0 fully saturated rings. The van der Waals surface area contributed by atoms with Crippen LogP contribution in [0.1, 0.15) is 109 Å². The van der Waals surface area contributed by atoms with Crippen molar-refractivity contribution in [2.75, 3.05) is 40.6 Å². The van der Waals surface area contributed by atoms with Crippen LogP contribution in [0.2, 0.25) is 6.04 Å². The number of hydrogen-bond acceptors (Lipinski definition) is 4. The van der Waals surface area contributed by atoms with Gasteiger partial charge in [-0.15, -0.1) is 0 Å². The van der Waals surface area contributed by atoms with E-state index in [9.17, 15) is 0 Å². The summed E-state index contributed by atoms with van der Waals surface area (Å²) in [6, 6.07) is 9.93. The molecule has 0 saturated heterocycles. The molecule has 0 aliphatic rings. The van der Waals surface area contributed by atoms with Gasteiger partial charge in [0, 0.05) is 14.2 Å². The zero-order valence-corrected chi connectivity index (χ0v) is 24.6. The zero-order valence-electron chi connectivity index (χ0n) is 23.6. The van der Waals surface area contributed by atoms with Gasteiger partial charge in [0.05, 0.1) is 26.4 Å². The summed E-state index contributed by atoms with van der Waals surface area (Å²) in [5.41, 5.74) is 1.42. The van der Waals surface area contributed by atoms with Gasteiger partial charge in [-0.05, 0) is 29.6 Å². The third-order valence-corrected chi connectivity index (χ3v) is 10.5. The molecule has 204 valence electrons. The van der Waals surface area contributed by atoms with E-state index in [0.717, 1.165) is 18.9 Å². The summed E-state index contributed by atoms with van der Waals surface area (Å²) in [4.78, 5) is 0. The Morgan fingerprint density at radius 2 is 1.06 bits per heavy atom. The maximum atomic E-state index is 6.70. The quantitative estimate of drug-likeness (QED) is 0.100. The van der Waals surface area contributed by atoms with Crippen LogP contribution >= 0.6 is 0 Å². The van der Waals surface area contributed by atoms with Crippen molar-refractivity contribution in [1.82, 2.24) is 0 Å². The van der Waals surface area contributed by atoms with Crippen molar-refractivity contribution in [2.45, 2.75) is 116 Å². The molecule has 1 aromatic carbocycles. The molecule has 1 aromatic rings. The highest BCUT2D eigenvalue weighted by atomic mass is 28.4. The van der Waals surface area contributed by atoms with E-state index in [-0.39, 0.29) is 0 Å². The van der Waals surface area contributed by atoms with Crippen LogP contribution in [0.25, 0.3) is 0 Å². The van der Waals surface area contributed by atoms with E-state index in [2.05, 4.69) is 38.1 Å². The Kier molecular flexibility index (Phi) is 20.7. The summed E-state index contributed by atoms with van der Waals surface area (Å²) < 4.78 is 24.1. The van der Waals surface area contributed by atoms with E-state index in [1.165, 1.54) is 94.2 Å². The monoisotopic (exact) mass is 508 g/mol. The fraction of sp³-hybridized carbons (Fsp3) is 0.800. The van der Waals surface area contributed by atoms with Gasteiger partial charge in [-0.2, -0.15) is 0 Å². The van der Waals surface area contributed by atoms with Crippen LogP contribution in [-0.2, 0) is 24.7 Å². The molecular weight excluding hydrogens is 452 g/mol. The maximum Gasteiger partial charge on any atom is 0.372 e. The lowest BCUT2D eigenvalue weighted by atomic mass is 10.0. The number of hydrogen-bond donors (Lipinski definition) is 0. The highest BCUT2D eigenvalue weighted by molar-refractivity contribution is 6.81. The first-order valence-corrected chi connectivity index (χ1v) is 16.6. The van der Waals surface area contributed by atoms with E-state index in [4.69, 9.17) is 18.3 Å². The molecule has 0 aliphatic heterocycles. The number of unbranched alkanes of at least 4 members (excludes halogenated alkanes) is 12. The molecule has 35 heavy (non-hydrogen) atoms. The van der Waals surface area contributed by atoms with E-state index in [1.807, 2.05) is 0 Å². The normalized spacial score (nSPS) is 11.9. The zero-order chi connectivity index (χ0) is 25.5. The van der Waals surface area contributed by atoms with E-state index in [1.54, 1.807) is 14.2 Å². The smallest absolute Gasteiger partial charge is 0.372 e. The largest absolute Gasteiger partial charge is 0.389 e. The Labute approximate surface area is 218 Å². The van der Waals surface area contributed by atoms with Crippen LogP contribution in [0, 0.1) is 0 Å². The molecule has 4 nitrogen and oxygen atoms in total.